The van der Waals surface area contributed by atoms with Crippen LogP contribution in [0.15, 0.2) is 24.3 Å². The summed E-state index contributed by atoms with van der Waals surface area (Å²) in [4.78, 5) is 0. The second-order valence-electron chi connectivity index (χ2n) is 10.5. The van der Waals surface area contributed by atoms with Gasteiger partial charge in [0.1, 0.15) is 0 Å². The van der Waals surface area contributed by atoms with Gasteiger partial charge in [0.05, 0.1) is 18.5 Å². The molecule has 0 heterocycles. The van der Waals surface area contributed by atoms with E-state index in [0.29, 0.717) is 25.0 Å². The summed E-state index contributed by atoms with van der Waals surface area (Å²) in [6.07, 6.45) is 19.4. The first-order chi connectivity index (χ1) is 17.0. The minimum atomic E-state index is -3.34. The summed E-state index contributed by atoms with van der Waals surface area (Å²) in [6.45, 7) is 12.1. The molecule has 0 aliphatic heterocycles. The Kier molecular flexibility index (Phi) is 24.1. The van der Waals surface area contributed by atoms with Crippen LogP contribution in [0.2, 0.25) is 0 Å². The van der Waals surface area contributed by atoms with Crippen LogP contribution < -0.4 is 5.30 Å². The normalized spacial score (nSPS) is 14.7. The molecule has 5 heteroatoms. The SMILES string of the molecule is CCCCCCCCCc1ccc(P(=O)(OCC(CC)CCCC)OCC(CC)CCCC)cc1.[Nd]. The first-order valence-corrected chi connectivity index (χ1v) is 16.6. The van der Waals surface area contributed by atoms with E-state index < -0.39 is 7.60 Å². The van der Waals surface area contributed by atoms with Crippen LogP contribution in [0.1, 0.15) is 136 Å². The van der Waals surface area contributed by atoms with E-state index in [2.05, 4.69) is 46.8 Å². The van der Waals surface area contributed by atoms with Crippen molar-refractivity contribution in [1.82, 2.24) is 0 Å². The van der Waals surface area contributed by atoms with Gasteiger partial charge in [-0.2, -0.15) is 0 Å². The minimum Gasteiger partial charge on any atom is -0.305 e. The Morgan fingerprint density at radius 1 is 0.639 bits per heavy atom. The van der Waals surface area contributed by atoms with Crippen molar-refractivity contribution in [2.45, 2.75) is 137 Å². The predicted octanol–water partition coefficient (Wildman–Crippen LogP) is 10.3. The first-order valence-electron chi connectivity index (χ1n) is 15.0. The van der Waals surface area contributed by atoms with Gasteiger partial charge in [0.25, 0.3) is 0 Å². The zero-order valence-corrected chi connectivity index (χ0v) is 28.5. The fraction of sp³-hybridized carbons (Fsp3) is 0.806. The Hall–Kier alpha value is 0.721. The van der Waals surface area contributed by atoms with Crippen LogP contribution in [-0.2, 0) is 20.0 Å². The van der Waals surface area contributed by atoms with E-state index in [4.69, 9.17) is 9.05 Å². The fourth-order valence-corrected chi connectivity index (χ4v) is 6.22. The molecule has 0 bridgehead atoms. The van der Waals surface area contributed by atoms with Gasteiger partial charge in [-0.15, -0.1) is 0 Å². The van der Waals surface area contributed by atoms with E-state index in [1.807, 2.05) is 12.1 Å². The minimum absolute atomic E-state index is 0. The average molecular weight is 653 g/mol. The molecule has 0 saturated carbocycles. The number of hydrogen-bond acceptors (Lipinski definition) is 3. The van der Waals surface area contributed by atoms with Gasteiger partial charge < -0.3 is 9.05 Å². The molecule has 0 spiro atoms. The van der Waals surface area contributed by atoms with Gasteiger partial charge in [0.2, 0.25) is 0 Å². The topological polar surface area (TPSA) is 35.5 Å². The maximum absolute atomic E-state index is 14.1. The van der Waals surface area contributed by atoms with Gasteiger partial charge in [-0.05, 0) is 55.2 Å². The van der Waals surface area contributed by atoms with Crippen molar-refractivity contribution in [3.05, 3.63) is 29.8 Å². The van der Waals surface area contributed by atoms with Crippen LogP contribution in [0.4, 0.5) is 0 Å². The van der Waals surface area contributed by atoms with Crippen molar-refractivity contribution in [2.24, 2.45) is 11.8 Å². The Balaban J connectivity index is 0.0000122. The summed E-state index contributed by atoms with van der Waals surface area (Å²) >= 11 is 0. The molecule has 36 heavy (non-hydrogen) atoms. The van der Waals surface area contributed by atoms with Gasteiger partial charge >= 0.3 is 7.60 Å². The van der Waals surface area contributed by atoms with Crippen LogP contribution in [-0.4, -0.2) is 13.2 Å². The molecule has 1 rings (SSSR count). The molecule has 0 aliphatic rings. The standard InChI is InChI=1S/C31H57O3P.Nd/c1-6-11-14-15-16-17-18-21-30-22-24-31(25-23-30)35(32,33-26-28(9-4)19-12-7-2)34-27-29(10-5)20-13-8-3;/h22-25,28-29H,6-21,26-27H2,1-5H3;. The summed E-state index contributed by atoms with van der Waals surface area (Å²) in [6, 6.07) is 8.26. The van der Waals surface area contributed by atoms with Crippen LogP contribution in [0.3, 0.4) is 0 Å². The predicted molar refractivity (Wildman–Crippen MR) is 154 cm³/mol. The van der Waals surface area contributed by atoms with Crippen molar-refractivity contribution in [3.8, 4) is 0 Å². The van der Waals surface area contributed by atoms with E-state index in [9.17, 15) is 4.57 Å². The van der Waals surface area contributed by atoms with Gasteiger partial charge in [-0.3, -0.25) is 4.57 Å². The second kappa shape index (κ2) is 23.6. The smallest absolute Gasteiger partial charge is 0.305 e. The van der Waals surface area contributed by atoms with Gasteiger partial charge in [0, 0.05) is 40.8 Å². The van der Waals surface area contributed by atoms with Gasteiger partial charge in [-0.1, -0.05) is 124 Å². The first kappa shape index (κ1) is 36.7. The molecule has 1 aromatic rings. The molecule has 0 N–H and O–H groups in total. The van der Waals surface area contributed by atoms with E-state index >= 15 is 0 Å². The Labute approximate surface area is 257 Å². The van der Waals surface area contributed by atoms with Crippen molar-refractivity contribution >= 4 is 12.9 Å². The quantitative estimate of drug-likeness (QED) is 0.0872. The summed E-state index contributed by atoms with van der Waals surface area (Å²) in [7, 11) is -3.34. The van der Waals surface area contributed by atoms with Crippen molar-refractivity contribution < 1.29 is 54.5 Å². The molecular formula is C31H57NdO3P. The summed E-state index contributed by atoms with van der Waals surface area (Å²) in [5.74, 6) is 0.871. The zero-order chi connectivity index (χ0) is 25.8. The molecule has 0 radical (unpaired) electrons. The fourth-order valence-electron chi connectivity index (χ4n) is 4.52. The number of rotatable bonds is 23. The van der Waals surface area contributed by atoms with E-state index in [1.165, 1.54) is 76.2 Å². The Morgan fingerprint density at radius 3 is 1.53 bits per heavy atom. The zero-order valence-electron chi connectivity index (χ0n) is 24.4. The molecule has 3 nitrogen and oxygen atoms in total. The van der Waals surface area contributed by atoms with Crippen molar-refractivity contribution in [3.63, 3.8) is 0 Å². The summed E-state index contributed by atoms with van der Waals surface area (Å²) in [5, 5.41) is 0.719. The molecule has 1 aromatic carbocycles. The molecule has 0 saturated heterocycles. The van der Waals surface area contributed by atoms with Gasteiger partial charge in [-0.25, -0.2) is 0 Å². The third kappa shape index (κ3) is 16.0. The third-order valence-electron chi connectivity index (χ3n) is 7.37. The molecule has 2 atom stereocenters. The maximum atomic E-state index is 14.1. The van der Waals surface area contributed by atoms with Gasteiger partial charge in [0.15, 0.2) is 0 Å². The molecule has 0 fully saturated rings. The Morgan fingerprint density at radius 2 is 1.08 bits per heavy atom. The van der Waals surface area contributed by atoms with Crippen LogP contribution >= 0.6 is 7.60 Å². The Bertz CT molecular complexity index is 640. The van der Waals surface area contributed by atoms with E-state index in [-0.39, 0.29) is 40.8 Å². The largest absolute Gasteiger partial charge is 0.361 e. The number of aryl methyl sites for hydroxylation is 1. The van der Waals surface area contributed by atoms with E-state index in [1.54, 1.807) is 0 Å². The van der Waals surface area contributed by atoms with Crippen LogP contribution in [0.5, 0.6) is 0 Å². The molecule has 208 valence electrons. The van der Waals surface area contributed by atoms with Crippen molar-refractivity contribution in [2.75, 3.05) is 13.2 Å². The average Bonchev–Trinajstić information content (AvgIpc) is 2.88. The van der Waals surface area contributed by atoms with Crippen LogP contribution in [0.25, 0.3) is 0 Å². The molecular weight excluding hydrogens is 596 g/mol. The number of unbranched alkanes of at least 4 members (excludes halogenated alkanes) is 8. The van der Waals surface area contributed by atoms with Crippen LogP contribution in [0, 0.1) is 52.7 Å². The summed E-state index contributed by atoms with van der Waals surface area (Å²) < 4.78 is 26.4. The molecule has 0 aliphatic carbocycles. The molecule has 2 unspecified atom stereocenters. The number of benzene rings is 1. The molecule has 0 aromatic heterocycles. The monoisotopic (exact) mass is 650 g/mol. The van der Waals surface area contributed by atoms with E-state index in [0.717, 1.165) is 37.4 Å². The maximum Gasteiger partial charge on any atom is 0.361 e. The van der Waals surface area contributed by atoms with Crippen molar-refractivity contribution in [1.29, 1.82) is 0 Å². The third-order valence-corrected chi connectivity index (χ3v) is 9.28. The summed E-state index contributed by atoms with van der Waals surface area (Å²) in [5.41, 5.74) is 1.32. The number of hydrogen-bond donors (Lipinski definition) is 0. The second-order valence-corrected chi connectivity index (χ2v) is 12.5. The molecule has 0 amide bonds.